The van der Waals surface area contributed by atoms with Crippen LogP contribution in [0.1, 0.15) is 31.3 Å². The molecule has 0 aliphatic heterocycles. The predicted octanol–water partition coefficient (Wildman–Crippen LogP) is 2.78. The highest BCUT2D eigenvalue weighted by atomic mass is 35.5. The lowest BCUT2D eigenvalue weighted by atomic mass is 10.2. The minimum atomic E-state index is -1.29. The highest BCUT2D eigenvalue weighted by molar-refractivity contribution is 6.34. The van der Waals surface area contributed by atoms with Gasteiger partial charge in [0.25, 0.3) is 0 Å². The van der Waals surface area contributed by atoms with E-state index in [2.05, 4.69) is 10.3 Å². The van der Waals surface area contributed by atoms with Crippen LogP contribution in [0, 0.1) is 0 Å². The third kappa shape index (κ3) is 3.89. The molecule has 0 aliphatic rings. The number of pyridine rings is 1. The molecule has 1 amide bonds. The van der Waals surface area contributed by atoms with Gasteiger partial charge in [-0.05, 0) is 26.8 Å². The van der Waals surface area contributed by atoms with Crippen molar-refractivity contribution in [2.45, 2.75) is 26.4 Å². The van der Waals surface area contributed by atoms with Crippen molar-refractivity contribution >= 4 is 29.4 Å². The van der Waals surface area contributed by atoms with Crippen molar-refractivity contribution in [3.8, 4) is 0 Å². The van der Waals surface area contributed by atoms with Crippen LogP contribution in [-0.2, 0) is 4.74 Å². The van der Waals surface area contributed by atoms with E-state index in [0.29, 0.717) is 0 Å². The minimum Gasteiger partial charge on any atom is -0.476 e. The molecule has 18 heavy (non-hydrogen) atoms. The summed E-state index contributed by atoms with van der Waals surface area (Å²) in [4.78, 5) is 26.1. The van der Waals surface area contributed by atoms with Crippen molar-refractivity contribution in [1.82, 2.24) is 4.98 Å². The number of amides is 1. The number of hydrogen-bond donors (Lipinski definition) is 2. The summed E-state index contributed by atoms with van der Waals surface area (Å²) in [5.74, 6) is -1.29. The predicted molar refractivity (Wildman–Crippen MR) is 66.1 cm³/mol. The number of ether oxygens (including phenoxy) is 1. The Morgan fingerprint density at radius 1 is 1.44 bits per heavy atom. The number of halogens is 1. The molecule has 0 saturated heterocycles. The fourth-order valence-electron chi connectivity index (χ4n) is 1.12. The van der Waals surface area contributed by atoms with Crippen molar-refractivity contribution in [3.05, 3.63) is 23.0 Å². The van der Waals surface area contributed by atoms with Gasteiger partial charge in [-0.3, -0.25) is 5.32 Å². The van der Waals surface area contributed by atoms with Gasteiger partial charge in [-0.2, -0.15) is 0 Å². The van der Waals surface area contributed by atoms with E-state index in [9.17, 15) is 9.59 Å². The van der Waals surface area contributed by atoms with Gasteiger partial charge >= 0.3 is 12.1 Å². The highest BCUT2D eigenvalue weighted by Gasteiger charge is 2.21. The zero-order chi connectivity index (χ0) is 13.9. The van der Waals surface area contributed by atoms with Gasteiger partial charge in [-0.15, -0.1) is 0 Å². The summed E-state index contributed by atoms with van der Waals surface area (Å²) in [6, 6.07) is 1.38. The Balaban J connectivity index is 2.97. The molecule has 0 aliphatic carbocycles. The second-order valence-electron chi connectivity index (χ2n) is 4.45. The van der Waals surface area contributed by atoms with Crippen LogP contribution in [0.4, 0.5) is 10.5 Å². The van der Waals surface area contributed by atoms with Crippen molar-refractivity contribution in [1.29, 1.82) is 0 Å². The third-order valence-corrected chi connectivity index (χ3v) is 2.04. The summed E-state index contributed by atoms with van der Waals surface area (Å²) >= 11 is 5.82. The van der Waals surface area contributed by atoms with Gasteiger partial charge in [0.1, 0.15) is 5.60 Å². The molecule has 2 N–H and O–H groups in total. The quantitative estimate of drug-likeness (QED) is 0.864. The Bertz CT molecular complexity index is 482. The molecular weight excluding hydrogens is 260 g/mol. The molecule has 1 heterocycles. The van der Waals surface area contributed by atoms with Crippen LogP contribution in [0.2, 0.25) is 5.02 Å². The molecule has 0 saturated carbocycles. The average Bonchev–Trinajstić information content (AvgIpc) is 2.17. The van der Waals surface area contributed by atoms with Gasteiger partial charge < -0.3 is 9.84 Å². The molecule has 1 aromatic rings. The molecule has 0 unspecified atom stereocenters. The van der Waals surface area contributed by atoms with Crippen LogP contribution in [0.25, 0.3) is 0 Å². The number of hydrogen-bond acceptors (Lipinski definition) is 4. The van der Waals surface area contributed by atoms with E-state index < -0.39 is 17.7 Å². The summed E-state index contributed by atoms with van der Waals surface area (Å²) < 4.78 is 5.00. The van der Waals surface area contributed by atoms with E-state index in [-0.39, 0.29) is 16.4 Å². The number of rotatable bonds is 2. The number of nitrogens with one attached hydrogen (secondary N) is 1. The summed E-state index contributed by atoms with van der Waals surface area (Å²) in [5, 5.41) is 11.3. The summed E-state index contributed by atoms with van der Waals surface area (Å²) in [6.45, 7) is 5.07. The molecule has 0 radical (unpaired) electrons. The molecule has 0 spiro atoms. The van der Waals surface area contributed by atoms with Crippen LogP contribution >= 0.6 is 11.6 Å². The maximum absolute atomic E-state index is 11.5. The van der Waals surface area contributed by atoms with Crippen LogP contribution in [0.3, 0.4) is 0 Å². The first kappa shape index (κ1) is 14.2. The average molecular weight is 273 g/mol. The molecule has 98 valence electrons. The fraction of sp³-hybridized carbons (Fsp3) is 0.364. The number of aromatic nitrogens is 1. The molecule has 7 heteroatoms. The number of carbonyl (C=O) groups excluding carboxylic acids is 1. The summed E-state index contributed by atoms with van der Waals surface area (Å²) in [6.07, 6.45) is 0.450. The van der Waals surface area contributed by atoms with Gasteiger partial charge in [-0.25, -0.2) is 14.6 Å². The van der Waals surface area contributed by atoms with Gasteiger partial charge in [0.15, 0.2) is 5.69 Å². The zero-order valence-electron chi connectivity index (χ0n) is 10.2. The lowest BCUT2D eigenvalue weighted by Crippen LogP contribution is -2.28. The maximum atomic E-state index is 11.5. The van der Waals surface area contributed by atoms with E-state index in [1.165, 1.54) is 12.3 Å². The Morgan fingerprint density at radius 3 is 2.56 bits per heavy atom. The molecule has 0 aromatic carbocycles. The monoisotopic (exact) mass is 272 g/mol. The van der Waals surface area contributed by atoms with Gasteiger partial charge in [0, 0.05) is 6.20 Å². The first-order valence-corrected chi connectivity index (χ1v) is 5.46. The van der Waals surface area contributed by atoms with Crippen LogP contribution < -0.4 is 5.32 Å². The SMILES string of the molecule is CC(C)(C)OC(=O)Nc1c(Cl)ccnc1C(=O)O. The second-order valence-corrected chi connectivity index (χ2v) is 4.86. The molecule has 0 fully saturated rings. The van der Waals surface area contributed by atoms with Gasteiger partial charge in [-0.1, -0.05) is 11.6 Å². The van der Waals surface area contributed by atoms with Crippen molar-refractivity contribution in [2.75, 3.05) is 5.32 Å². The van der Waals surface area contributed by atoms with E-state index >= 15 is 0 Å². The topological polar surface area (TPSA) is 88.5 Å². The fourth-order valence-corrected chi connectivity index (χ4v) is 1.32. The number of carbonyl (C=O) groups is 2. The lowest BCUT2D eigenvalue weighted by Gasteiger charge is -2.20. The first-order chi connectivity index (χ1) is 8.20. The van der Waals surface area contributed by atoms with E-state index in [4.69, 9.17) is 21.4 Å². The van der Waals surface area contributed by atoms with Crippen LogP contribution in [-0.4, -0.2) is 27.8 Å². The number of nitrogens with zero attached hydrogens (tertiary/aromatic N) is 1. The van der Waals surface area contributed by atoms with E-state index in [1.54, 1.807) is 20.8 Å². The van der Waals surface area contributed by atoms with Crippen LogP contribution in [0.15, 0.2) is 12.3 Å². The molecule has 0 bridgehead atoms. The zero-order valence-corrected chi connectivity index (χ0v) is 10.9. The standard InChI is InChI=1S/C11H13ClN2O4/c1-11(2,3)18-10(17)14-7-6(12)4-5-13-8(7)9(15)16/h4-5H,1-3H3,(H,14,17)(H,15,16). The Kier molecular flexibility index (Phi) is 4.13. The van der Waals surface area contributed by atoms with E-state index in [1.807, 2.05) is 0 Å². The maximum Gasteiger partial charge on any atom is 0.412 e. The molecule has 6 nitrogen and oxygen atoms in total. The summed E-state index contributed by atoms with van der Waals surface area (Å²) in [5.41, 5.74) is -1.11. The van der Waals surface area contributed by atoms with Gasteiger partial charge in [0.05, 0.1) is 10.7 Å². The number of aromatic carboxylic acids is 1. The lowest BCUT2D eigenvalue weighted by molar-refractivity contribution is 0.0636. The Hall–Kier alpha value is -1.82. The summed E-state index contributed by atoms with van der Waals surface area (Å²) in [7, 11) is 0. The second kappa shape index (κ2) is 5.22. The highest BCUT2D eigenvalue weighted by Crippen LogP contribution is 2.24. The molecule has 0 atom stereocenters. The van der Waals surface area contributed by atoms with Crippen LogP contribution in [0.5, 0.6) is 0 Å². The van der Waals surface area contributed by atoms with Crippen molar-refractivity contribution in [2.24, 2.45) is 0 Å². The largest absolute Gasteiger partial charge is 0.476 e. The normalized spacial score (nSPS) is 10.9. The first-order valence-electron chi connectivity index (χ1n) is 5.08. The van der Waals surface area contributed by atoms with Crippen molar-refractivity contribution in [3.63, 3.8) is 0 Å². The smallest absolute Gasteiger partial charge is 0.412 e. The van der Waals surface area contributed by atoms with E-state index in [0.717, 1.165) is 0 Å². The third-order valence-electron chi connectivity index (χ3n) is 1.73. The number of carboxylic acid groups (broad SMARTS) is 1. The number of anilines is 1. The molecule has 1 rings (SSSR count). The Morgan fingerprint density at radius 2 is 2.06 bits per heavy atom. The molecule has 1 aromatic heterocycles. The molecular formula is C11H13ClN2O4. The minimum absolute atomic E-state index is 0.0771. The van der Waals surface area contributed by atoms with Gasteiger partial charge in [0.2, 0.25) is 0 Å². The van der Waals surface area contributed by atoms with Crippen molar-refractivity contribution < 1.29 is 19.4 Å². The number of carboxylic acids is 1. The Labute approximate surface area is 109 Å².